The zero-order chi connectivity index (χ0) is 27.9. The summed E-state index contributed by atoms with van der Waals surface area (Å²) < 4.78 is 6.95. The maximum atomic E-state index is 13.3. The van der Waals surface area contributed by atoms with Gasteiger partial charge in [0.05, 0.1) is 11.4 Å². The van der Waals surface area contributed by atoms with Gasteiger partial charge in [0, 0.05) is 37.4 Å². The Bertz CT molecular complexity index is 1260. The highest BCUT2D eigenvalue weighted by Gasteiger charge is 2.23. The molecule has 2 aromatic carbocycles. The summed E-state index contributed by atoms with van der Waals surface area (Å²) in [6.07, 6.45) is 1.48. The van der Waals surface area contributed by atoms with E-state index in [4.69, 9.17) is 9.84 Å². The maximum Gasteiger partial charge on any atom is 0.322 e. The number of amides is 3. The number of nitrogens with one attached hydrogen (secondary N) is 2. The predicted molar refractivity (Wildman–Crippen MR) is 153 cm³/mol. The van der Waals surface area contributed by atoms with Crippen LogP contribution in [0.3, 0.4) is 0 Å². The van der Waals surface area contributed by atoms with Gasteiger partial charge in [-0.3, -0.25) is 4.79 Å². The molecule has 204 valence electrons. The van der Waals surface area contributed by atoms with Gasteiger partial charge < -0.3 is 20.3 Å². The zero-order valence-electron chi connectivity index (χ0n) is 23.7. The zero-order valence-corrected chi connectivity index (χ0v) is 23.7. The molecule has 0 radical (unpaired) electrons. The second kappa shape index (κ2) is 12.7. The van der Waals surface area contributed by atoms with Crippen LogP contribution in [0.15, 0.2) is 48.5 Å². The minimum Gasteiger partial charge on any atom is -0.385 e. The number of aryl methyl sites for hydroxylation is 3. The van der Waals surface area contributed by atoms with Crippen LogP contribution in [-0.2, 0) is 21.4 Å². The van der Waals surface area contributed by atoms with Gasteiger partial charge in [-0.05, 0) is 56.0 Å². The Morgan fingerprint density at radius 1 is 1.05 bits per heavy atom. The lowest BCUT2D eigenvalue weighted by Gasteiger charge is -2.23. The van der Waals surface area contributed by atoms with Gasteiger partial charge in [-0.1, -0.05) is 57.5 Å². The summed E-state index contributed by atoms with van der Waals surface area (Å²) >= 11 is 0. The molecule has 8 nitrogen and oxygen atoms in total. The normalized spacial score (nSPS) is 11.3. The van der Waals surface area contributed by atoms with Crippen molar-refractivity contribution in [1.82, 2.24) is 14.7 Å². The number of ether oxygens (including phenoxy) is 1. The Balaban J connectivity index is 1.83. The summed E-state index contributed by atoms with van der Waals surface area (Å²) in [5.74, 6) is 0.269. The minimum absolute atomic E-state index is 0.105. The highest BCUT2D eigenvalue weighted by atomic mass is 16.5. The monoisotopic (exact) mass is 519 g/mol. The maximum absolute atomic E-state index is 13.3. The SMILES string of the molecule is CCc1cccc(NC(=O)N(CCCOC)CC(=O)Nc2cc(C(C)(C)C)nn2-c2ccc(C)cc2C)c1. The van der Waals surface area contributed by atoms with E-state index in [9.17, 15) is 9.59 Å². The molecule has 0 aliphatic rings. The molecular formula is C30H41N5O3. The number of carbonyl (C=O) groups excluding carboxylic acids is 2. The van der Waals surface area contributed by atoms with E-state index < -0.39 is 0 Å². The van der Waals surface area contributed by atoms with E-state index in [1.165, 1.54) is 4.90 Å². The average Bonchev–Trinajstić information content (AvgIpc) is 3.27. The summed E-state index contributed by atoms with van der Waals surface area (Å²) in [4.78, 5) is 28.0. The molecular weight excluding hydrogens is 478 g/mol. The van der Waals surface area contributed by atoms with E-state index in [1.54, 1.807) is 11.8 Å². The van der Waals surface area contributed by atoms with Crippen LogP contribution in [0.2, 0.25) is 0 Å². The number of benzene rings is 2. The van der Waals surface area contributed by atoms with Crippen molar-refractivity contribution in [3.63, 3.8) is 0 Å². The molecule has 0 bridgehead atoms. The van der Waals surface area contributed by atoms with Gasteiger partial charge in [0.1, 0.15) is 12.4 Å². The number of rotatable bonds is 10. The first-order valence-electron chi connectivity index (χ1n) is 13.1. The topological polar surface area (TPSA) is 88.5 Å². The standard InChI is InChI=1S/C30H41N5O3/c1-8-23-11-9-12-24(18-23)31-29(37)34(15-10-16-38-7)20-28(36)32-27-19-26(30(4,5)6)33-35(27)25-14-13-21(2)17-22(25)3/h9,11-14,17-19H,8,10,15-16,20H2,1-7H3,(H,31,37)(H,32,36). The molecule has 0 aliphatic carbocycles. The summed E-state index contributed by atoms with van der Waals surface area (Å²) in [5, 5.41) is 10.8. The molecule has 0 fully saturated rings. The van der Waals surface area contributed by atoms with E-state index in [0.29, 0.717) is 31.1 Å². The summed E-state index contributed by atoms with van der Waals surface area (Å²) in [7, 11) is 1.62. The van der Waals surface area contributed by atoms with Crippen LogP contribution in [0.1, 0.15) is 56.5 Å². The molecule has 1 heterocycles. The van der Waals surface area contributed by atoms with Crippen molar-refractivity contribution in [3.8, 4) is 5.69 Å². The number of anilines is 2. The van der Waals surface area contributed by atoms with Crippen molar-refractivity contribution in [2.45, 2.75) is 59.8 Å². The van der Waals surface area contributed by atoms with Crippen molar-refractivity contribution in [2.75, 3.05) is 37.4 Å². The lowest BCUT2D eigenvalue weighted by atomic mass is 9.92. The molecule has 3 amide bonds. The predicted octanol–water partition coefficient (Wildman–Crippen LogP) is 5.86. The van der Waals surface area contributed by atoms with Gasteiger partial charge in [0.2, 0.25) is 5.91 Å². The number of methoxy groups -OCH3 is 1. The van der Waals surface area contributed by atoms with Crippen molar-refractivity contribution < 1.29 is 14.3 Å². The third-order valence-corrected chi connectivity index (χ3v) is 6.31. The van der Waals surface area contributed by atoms with Crippen LogP contribution in [0.25, 0.3) is 5.69 Å². The van der Waals surface area contributed by atoms with Crippen LogP contribution in [0.4, 0.5) is 16.3 Å². The van der Waals surface area contributed by atoms with Crippen LogP contribution in [0.5, 0.6) is 0 Å². The quantitative estimate of drug-likeness (QED) is 0.329. The molecule has 38 heavy (non-hydrogen) atoms. The molecule has 0 aliphatic heterocycles. The van der Waals surface area contributed by atoms with Crippen LogP contribution in [-0.4, -0.2) is 53.4 Å². The number of nitrogens with zero attached hydrogens (tertiary/aromatic N) is 3. The first-order valence-corrected chi connectivity index (χ1v) is 13.1. The molecule has 0 spiro atoms. The Morgan fingerprint density at radius 2 is 1.82 bits per heavy atom. The van der Waals surface area contributed by atoms with Gasteiger partial charge in [0.25, 0.3) is 0 Å². The Hall–Kier alpha value is -3.65. The van der Waals surface area contributed by atoms with E-state index in [0.717, 1.165) is 34.5 Å². The van der Waals surface area contributed by atoms with Gasteiger partial charge in [-0.2, -0.15) is 5.10 Å². The summed E-state index contributed by atoms with van der Waals surface area (Å²) in [6, 6.07) is 15.4. The van der Waals surface area contributed by atoms with E-state index >= 15 is 0 Å². The molecule has 3 rings (SSSR count). The molecule has 0 unspecified atom stereocenters. The first kappa shape index (κ1) is 28.9. The summed E-state index contributed by atoms with van der Waals surface area (Å²) in [5.41, 5.74) is 5.59. The fourth-order valence-corrected chi connectivity index (χ4v) is 4.14. The molecule has 0 saturated carbocycles. The lowest BCUT2D eigenvalue weighted by Crippen LogP contribution is -2.41. The largest absolute Gasteiger partial charge is 0.385 e. The fourth-order valence-electron chi connectivity index (χ4n) is 4.14. The minimum atomic E-state index is -0.331. The first-order chi connectivity index (χ1) is 18.0. The molecule has 0 saturated heterocycles. The van der Waals surface area contributed by atoms with Crippen molar-refractivity contribution in [1.29, 1.82) is 0 Å². The fraction of sp³-hybridized carbons (Fsp3) is 0.433. The molecule has 3 aromatic rings. The van der Waals surface area contributed by atoms with E-state index in [2.05, 4.69) is 44.4 Å². The second-order valence-corrected chi connectivity index (χ2v) is 10.7. The van der Waals surface area contributed by atoms with E-state index in [-0.39, 0.29) is 23.9 Å². The molecule has 0 atom stereocenters. The number of hydrogen-bond acceptors (Lipinski definition) is 4. The molecule has 2 N–H and O–H groups in total. The van der Waals surface area contributed by atoms with E-state index in [1.807, 2.05) is 56.3 Å². The van der Waals surface area contributed by atoms with Gasteiger partial charge in [-0.15, -0.1) is 0 Å². The number of urea groups is 1. The van der Waals surface area contributed by atoms with Crippen LogP contribution >= 0.6 is 0 Å². The Labute approximate surface area is 226 Å². The third-order valence-electron chi connectivity index (χ3n) is 6.31. The van der Waals surface area contributed by atoms with Gasteiger partial charge >= 0.3 is 6.03 Å². The lowest BCUT2D eigenvalue weighted by molar-refractivity contribution is -0.116. The average molecular weight is 520 g/mol. The highest BCUT2D eigenvalue weighted by Crippen LogP contribution is 2.28. The highest BCUT2D eigenvalue weighted by molar-refractivity contribution is 5.96. The van der Waals surface area contributed by atoms with Crippen LogP contribution in [0, 0.1) is 13.8 Å². The Kier molecular flexibility index (Phi) is 9.69. The van der Waals surface area contributed by atoms with Crippen molar-refractivity contribution in [2.24, 2.45) is 0 Å². The third kappa shape index (κ3) is 7.68. The smallest absolute Gasteiger partial charge is 0.322 e. The summed E-state index contributed by atoms with van der Waals surface area (Å²) in [6.45, 7) is 13.2. The second-order valence-electron chi connectivity index (χ2n) is 10.7. The number of hydrogen-bond donors (Lipinski definition) is 2. The number of aromatic nitrogens is 2. The molecule has 1 aromatic heterocycles. The van der Waals surface area contributed by atoms with Gasteiger partial charge in [-0.25, -0.2) is 9.48 Å². The van der Waals surface area contributed by atoms with Crippen LogP contribution < -0.4 is 10.6 Å². The molecule has 8 heteroatoms. The number of carbonyl (C=O) groups is 2. The van der Waals surface area contributed by atoms with Crippen molar-refractivity contribution in [3.05, 3.63) is 70.9 Å². The van der Waals surface area contributed by atoms with Gasteiger partial charge in [0.15, 0.2) is 0 Å². The van der Waals surface area contributed by atoms with Crippen molar-refractivity contribution >= 4 is 23.4 Å². The Morgan fingerprint density at radius 3 is 2.47 bits per heavy atom.